The molecule has 0 bridgehead atoms. The van der Waals surface area contributed by atoms with Crippen molar-refractivity contribution in [2.45, 2.75) is 65.2 Å². The zero-order chi connectivity index (χ0) is 24.2. The Hall–Kier alpha value is -3.54. The van der Waals surface area contributed by atoms with Crippen LogP contribution in [0.4, 0.5) is 34.1 Å². The Morgan fingerprint density at radius 2 is 1.26 bits per heavy atom. The molecule has 0 heterocycles. The number of rotatable bonds is 6. The smallest absolute Gasteiger partial charge is 0.134 e. The molecular formula is C29H34N6. The monoisotopic (exact) mass is 466 g/mol. The summed E-state index contributed by atoms with van der Waals surface area (Å²) in [5, 5.41) is 21.8. The molecule has 0 aromatic heterocycles. The van der Waals surface area contributed by atoms with Crippen LogP contribution < -0.4 is 11.1 Å². The first kappa shape index (κ1) is 23.2. The highest BCUT2D eigenvalue weighted by Gasteiger charge is 2.16. The predicted molar refractivity (Wildman–Crippen MR) is 144 cm³/mol. The van der Waals surface area contributed by atoms with Gasteiger partial charge in [0.1, 0.15) is 11.4 Å². The van der Waals surface area contributed by atoms with Gasteiger partial charge in [0.2, 0.25) is 0 Å². The first-order chi connectivity index (χ1) is 17.1. The summed E-state index contributed by atoms with van der Waals surface area (Å²) >= 11 is 0. The number of nitrogens with one attached hydrogen (secondary N) is 1. The summed E-state index contributed by atoms with van der Waals surface area (Å²) in [4.78, 5) is 0. The summed E-state index contributed by atoms with van der Waals surface area (Å²) in [6.45, 7) is 4.73. The molecule has 6 heteroatoms. The van der Waals surface area contributed by atoms with Crippen LogP contribution in [0.1, 0.15) is 60.4 Å². The Morgan fingerprint density at radius 3 is 1.83 bits per heavy atom. The maximum Gasteiger partial charge on any atom is 0.134 e. The molecule has 6 nitrogen and oxygen atoms in total. The quantitative estimate of drug-likeness (QED) is 0.281. The molecular weight excluding hydrogens is 432 g/mol. The fourth-order valence-electron chi connectivity index (χ4n) is 5.11. The van der Waals surface area contributed by atoms with Gasteiger partial charge in [-0.1, -0.05) is 12.1 Å². The topological polar surface area (TPSA) is 87.5 Å². The standard InChI is InChI=1S/C29H34N6/c1-3-31-28-26(34-32-24-14-12-20-8-4-6-10-22(20)17-24)16-19(2)27(30)29(28)35-33-25-15-13-21-9-5-7-11-23(21)18-25/h12-18,31H,3-11,30H2,1-2H3. The minimum atomic E-state index is 0.607. The summed E-state index contributed by atoms with van der Waals surface area (Å²) < 4.78 is 0. The number of aryl methyl sites for hydroxylation is 5. The number of azo groups is 2. The fourth-order valence-corrected chi connectivity index (χ4v) is 5.11. The van der Waals surface area contributed by atoms with Crippen LogP contribution in [-0.4, -0.2) is 6.54 Å². The zero-order valence-corrected chi connectivity index (χ0v) is 20.8. The highest BCUT2D eigenvalue weighted by molar-refractivity contribution is 5.88. The second-order valence-corrected chi connectivity index (χ2v) is 9.60. The van der Waals surface area contributed by atoms with E-state index in [0.29, 0.717) is 17.9 Å². The largest absolute Gasteiger partial charge is 0.397 e. The lowest BCUT2D eigenvalue weighted by molar-refractivity contribution is 0.685. The van der Waals surface area contributed by atoms with Gasteiger partial charge in [0, 0.05) is 6.54 Å². The highest BCUT2D eigenvalue weighted by atomic mass is 15.2. The first-order valence-corrected chi connectivity index (χ1v) is 12.9. The van der Waals surface area contributed by atoms with E-state index in [1.165, 1.54) is 47.9 Å². The van der Waals surface area contributed by atoms with Crippen molar-refractivity contribution in [3.63, 3.8) is 0 Å². The summed E-state index contributed by atoms with van der Waals surface area (Å²) in [6, 6.07) is 14.8. The van der Waals surface area contributed by atoms with Gasteiger partial charge in [-0.15, -0.1) is 10.2 Å². The van der Waals surface area contributed by atoms with Crippen molar-refractivity contribution in [2.24, 2.45) is 20.5 Å². The number of hydrogen-bond donors (Lipinski definition) is 2. The molecule has 0 fully saturated rings. The molecule has 3 N–H and O–H groups in total. The number of hydrogen-bond acceptors (Lipinski definition) is 6. The zero-order valence-electron chi connectivity index (χ0n) is 20.8. The second-order valence-electron chi connectivity index (χ2n) is 9.60. The average molecular weight is 467 g/mol. The summed E-state index contributed by atoms with van der Waals surface area (Å²) in [6.07, 6.45) is 9.57. The van der Waals surface area contributed by atoms with Gasteiger partial charge in [-0.25, -0.2) is 0 Å². The van der Waals surface area contributed by atoms with Gasteiger partial charge in [-0.05, 0) is 123 Å². The summed E-state index contributed by atoms with van der Waals surface area (Å²) in [5.74, 6) is 0. The molecule has 0 unspecified atom stereocenters. The van der Waals surface area contributed by atoms with E-state index in [4.69, 9.17) is 5.73 Å². The Kier molecular flexibility index (Phi) is 6.89. The molecule has 180 valence electrons. The van der Waals surface area contributed by atoms with Crippen LogP contribution in [0.3, 0.4) is 0 Å². The Morgan fingerprint density at radius 1 is 0.714 bits per heavy atom. The van der Waals surface area contributed by atoms with E-state index < -0.39 is 0 Å². The Balaban J connectivity index is 1.48. The lowest BCUT2D eigenvalue weighted by atomic mass is 9.91. The van der Waals surface area contributed by atoms with E-state index in [1.807, 2.05) is 26.0 Å². The van der Waals surface area contributed by atoms with Gasteiger partial charge in [0.25, 0.3) is 0 Å². The predicted octanol–water partition coefficient (Wildman–Crippen LogP) is 8.60. The normalized spacial score (nSPS) is 15.4. The van der Waals surface area contributed by atoms with E-state index in [0.717, 1.165) is 54.0 Å². The number of fused-ring (bicyclic) bond motifs is 2. The van der Waals surface area contributed by atoms with E-state index in [2.05, 4.69) is 56.1 Å². The van der Waals surface area contributed by atoms with Crippen molar-refractivity contribution in [1.82, 2.24) is 0 Å². The van der Waals surface area contributed by atoms with E-state index in [-0.39, 0.29) is 0 Å². The third-order valence-corrected chi connectivity index (χ3v) is 7.08. The van der Waals surface area contributed by atoms with Crippen LogP contribution in [-0.2, 0) is 25.7 Å². The molecule has 0 atom stereocenters. The van der Waals surface area contributed by atoms with Crippen molar-refractivity contribution >= 4 is 34.1 Å². The molecule has 0 amide bonds. The molecule has 3 aromatic rings. The minimum Gasteiger partial charge on any atom is -0.397 e. The second kappa shape index (κ2) is 10.4. The molecule has 5 rings (SSSR count). The molecule has 0 saturated carbocycles. The van der Waals surface area contributed by atoms with Gasteiger partial charge in [0.05, 0.1) is 22.7 Å². The van der Waals surface area contributed by atoms with Crippen LogP contribution in [0.15, 0.2) is 62.9 Å². The summed E-state index contributed by atoms with van der Waals surface area (Å²) in [7, 11) is 0. The number of anilines is 2. The van der Waals surface area contributed by atoms with Crippen LogP contribution in [0.2, 0.25) is 0 Å². The maximum atomic E-state index is 6.48. The van der Waals surface area contributed by atoms with Gasteiger partial charge < -0.3 is 11.1 Å². The van der Waals surface area contributed by atoms with Crippen molar-refractivity contribution in [3.05, 3.63) is 70.3 Å². The van der Waals surface area contributed by atoms with Gasteiger partial charge in [-0.3, -0.25) is 0 Å². The molecule has 0 radical (unpaired) electrons. The van der Waals surface area contributed by atoms with Crippen LogP contribution in [0.25, 0.3) is 0 Å². The fraction of sp³-hybridized carbons (Fsp3) is 0.379. The first-order valence-electron chi connectivity index (χ1n) is 12.9. The third-order valence-electron chi connectivity index (χ3n) is 7.08. The number of nitrogens with zero attached hydrogens (tertiary/aromatic N) is 4. The van der Waals surface area contributed by atoms with Gasteiger partial charge in [0.15, 0.2) is 0 Å². The number of nitrogen functional groups attached to an aromatic ring is 1. The number of benzene rings is 3. The number of nitrogens with two attached hydrogens (primary N) is 1. The molecule has 35 heavy (non-hydrogen) atoms. The van der Waals surface area contributed by atoms with Gasteiger partial charge >= 0.3 is 0 Å². The summed E-state index contributed by atoms with van der Waals surface area (Å²) in [5.41, 5.74) is 17.5. The van der Waals surface area contributed by atoms with Gasteiger partial charge in [-0.2, -0.15) is 10.2 Å². The van der Waals surface area contributed by atoms with Crippen LogP contribution >= 0.6 is 0 Å². The molecule has 2 aliphatic carbocycles. The van der Waals surface area contributed by atoms with E-state index >= 15 is 0 Å². The minimum absolute atomic E-state index is 0.607. The molecule has 0 spiro atoms. The molecule has 2 aliphatic rings. The van der Waals surface area contributed by atoms with Crippen molar-refractivity contribution in [1.29, 1.82) is 0 Å². The lowest BCUT2D eigenvalue weighted by Crippen LogP contribution is -2.01. The maximum absolute atomic E-state index is 6.48. The van der Waals surface area contributed by atoms with Crippen LogP contribution in [0, 0.1) is 6.92 Å². The Bertz CT molecular complexity index is 1290. The van der Waals surface area contributed by atoms with Crippen molar-refractivity contribution < 1.29 is 0 Å². The van der Waals surface area contributed by atoms with Crippen LogP contribution in [0.5, 0.6) is 0 Å². The SMILES string of the molecule is CCNc1c(N=Nc2ccc3c(c2)CCCC3)cc(C)c(N)c1N=Nc1ccc2c(c1)CCCC2. The highest BCUT2D eigenvalue weighted by Crippen LogP contribution is 2.43. The Labute approximate surface area is 207 Å². The van der Waals surface area contributed by atoms with E-state index in [1.54, 1.807) is 0 Å². The average Bonchev–Trinajstić information content (AvgIpc) is 2.89. The van der Waals surface area contributed by atoms with E-state index in [9.17, 15) is 0 Å². The third kappa shape index (κ3) is 5.11. The molecule has 0 saturated heterocycles. The lowest BCUT2D eigenvalue weighted by Gasteiger charge is -2.16. The van der Waals surface area contributed by atoms with Crippen molar-refractivity contribution in [2.75, 3.05) is 17.6 Å². The van der Waals surface area contributed by atoms with Crippen molar-refractivity contribution in [3.8, 4) is 0 Å². The molecule has 0 aliphatic heterocycles. The molecule has 3 aromatic carbocycles.